The van der Waals surface area contributed by atoms with Gasteiger partial charge in [0.05, 0.1) is 12.0 Å². The van der Waals surface area contributed by atoms with E-state index in [-0.39, 0.29) is 59.5 Å². The minimum atomic E-state index is -0.845. The molecule has 5 atom stereocenters. The largest absolute Gasteiger partial charge is 0.348 e. The number of hydroxylamine groups is 2. The van der Waals surface area contributed by atoms with Crippen molar-refractivity contribution in [3.8, 4) is 0 Å². The van der Waals surface area contributed by atoms with Crippen LogP contribution in [0.4, 0.5) is 0 Å². The average molecular weight is 735 g/mol. The van der Waals surface area contributed by atoms with E-state index in [0.29, 0.717) is 64.3 Å². The second-order valence-corrected chi connectivity index (χ2v) is 18.0. The second kappa shape index (κ2) is 18.3. The Kier molecular flexibility index (Phi) is 14.6. The van der Waals surface area contributed by atoms with Crippen LogP contribution in [0.3, 0.4) is 0 Å². The minimum absolute atomic E-state index is 0.00466. The number of ketones is 2. The standard InChI is InChI=1S/C43H66N4O6/c1-28(2)23-33-21-20-31(24-30-15-10-9-11-16-30)41(52)46-22-14-18-36(46)38(49)25-34(29(3)4)39(50)45-35(40(51)44-33)17-12-13-19-37(48)32-26-42(5,6)47(53)43(7,8)27-32/h9-11,15-16,20-21,28-29,31-36,53H,12-14,17-19,22-27H2,1-8H3,(H,44,51)(H,45,50)/b21-20+/t31-,33-,34+,35+,36+/m1/s1. The first kappa shape index (κ1) is 42.4. The number of hydrogen-bond donors (Lipinski definition) is 3. The molecule has 0 saturated carbocycles. The van der Waals surface area contributed by atoms with Gasteiger partial charge >= 0.3 is 0 Å². The maximum absolute atomic E-state index is 14.2. The maximum atomic E-state index is 14.2. The van der Waals surface area contributed by atoms with Crippen LogP contribution in [0.25, 0.3) is 0 Å². The zero-order valence-electron chi connectivity index (χ0n) is 33.5. The van der Waals surface area contributed by atoms with Crippen molar-refractivity contribution in [3.63, 3.8) is 0 Å². The van der Waals surface area contributed by atoms with Crippen LogP contribution < -0.4 is 10.6 Å². The van der Waals surface area contributed by atoms with Crippen molar-refractivity contribution in [3.05, 3.63) is 48.0 Å². The molecule has 3 aliphatic heterocycles. The summed E-state index contributed by atoms with van der Waals surface area (Å²) in [6, 6.07) is 8.05. The highest BCUT2D eigenvalue weighted by Crippen LogP contribution is 2.41. The van der Waals surface area contributed by atoms with Crippen LogP contribution >= 0.6 is 0 Å². The fourth-order valence-electron chi connectivity index (χ4n) is 8.81. The monoisotopic (exact) mass is 734 g/mol. The van der Waals surface area contributed by atoms with Crippen LogP contribution in [0.5, 0.6) is 0 Å². The summed E-state index contributed by atoms with van der Waals surface area (Å²) < 4.78 is 0. The van der Waals surface area contributed by atoms with Gasteiger partial charge in [0.15, 0.2) is 5.78 Å². The quantitative estimate of drug-likeness (QED) is 0.176. The van der Waals surface area contributed by atoms with Gasteiger partial charge in [-0.3, -0.25) is 24.0 Å². The van der Waals surface area contributed by atoms with E-state index >= 15 is 0 Å². The zero-order chi connectivity index (χ0) is 39.1. The molecular weight excluding hydrogens is 668 g/mol. The lowest BCUT2D eigenvalue weighted by Gasteiger charge is -2.51. The molecule has 3 heterocycles. The summed E-state index contributed by atoms with van der Waals surface area (Å²) in [6.07, 6.45) is 9.22. The lowest BCUT2D eigenvalue weighted by atomic mass is 9.73. The van der Waals surface area contributed by atoms with Gasteiger partial charge < -0.3 is 20.7 Å². The molecule has 0 bridgehead atoms. The van der Waals surface area contributed by atoms with Crippen molar-refractivity contribution in [2.75, 3.05) is 6.54 Å². The van der Waals surface area contributed by atoms with Gasteiger partial charge in [-0.05, 0) is 96.5 Å². The summed E-state index contributed by atoms with van der Waals surface area (Å²) in [5.74, 6) is -1.96. The van der Waals surface area contributed by atoms with Gasteiger partial charge in [-0.25, -0.2) is 0 Å². The third-order valence-corrected chi connectivity index (χ3v) is 11.6. The Morgan fingerprint density at radius 2 is 1.57 bits per heavy atom. The van der Waals surface area contributed by atoms with Crippen LogP contribution in [0, 0.1) is 29.6 Å². The first-order valence-corrected chi connectivity index (χ1v) is 20.1. The molecule has 0 aliphatic carbocycles. The van der Waals surface area contributed by atoms with Crippen molar-refractivity contribution in [1.82, 2.24) is 20.6 Å². The lowest BCUT2D eigenvalue weighted by Crippen LogP contribution is -2.59. The second-order valence-electron chi connectivity index (χ2n) is 18.0. The number of nitrogens with zero attached hydrogens (tertiary/aromatic N) is 2. The number of Topliss-reactive ketones (excluding diaryl/α,β-unsaturated/α-hetero) is 2. The van der Waals surface area contributed by atoms with Gasteiger partial charge in [-0.2, -0.15) is 5.06 Å². The molecule has 4 rings (SSSR count). The smallest absolute Gasteiger partial charge is 0.243 e. The zero-order valence-corrected chi connectivity index (χ0v) is 33.5. The summed E-state index contributed by atoms with van der Waals surface area (Å²) in [5, 5.41) is 18.3. The van der Waals surface area contributed by atoms with Gasteiger partial charge in [0, 0.05) is 48.3 Å². The van der Waals surface area contributed by atoms with E-state index in [4.69, 9.17) is 0 Å². The van der Waals surface area contributed by atoms with Gasteiger partial charge in [-0.1, -0.05) is 76.6 Å². The van der Waals surface area contributed by atoms with Crippen molar-refractivity contribution < 1.29 is 29.2 Å². The predicted molar refractivity (Wildman–Crippen MR) is 207 cm³/mol. The molecule has 294 valence electrons. The van der Waals surface area contributed by atoms with Gasteiger partial charge in [0.2, 0.25) is 17.7 Å². The molecule has 0 aromatic heterocycles. The fourth-order valence-corrected chi connectivity index (χ4v) is 8.81. The van der Waals surface area contributed by atoms with E-state index in [2.05, 4.69) is 24.5 Å². The van der Waals surface area contributed by atoms with E-state index in [0.717, 1.165) is 12.0 Å². The maximum Gasteiger partial charge on any atom is 0.243 e. The van der Waals surface area contributed by atoms with Crippen LogP contribution in [0.1, 0.15) is 125 Å². The molecule has 10 heteroatoms. The van der Waals surface area contributed by atoms with Crippen molar-refractivity contribution in [2.45, 2.75) is 155 Å². The Bertz CT molecular complexity index is 1450. The first-order chi connectivity index (χ1) is 24.9. The number of benzene rings is 1. The fraction of sp³-hybridized carbons (Fsp3) is 0.698. The average Bonchev–Trinajstić information content (AvgIpc) is 3.58. The molecule has 2 fully saturated rings. The first-order valence-electron chi connectivity index (χ1n) is 20.1. The third kappa shape index (κ3) is 11.3. The van der Waals surface area contributed by atoms with Gasteiger partial charge in [0.1, 0.15) is 11.8 Å². The summed E-state index contributed by atoms with van der Waals surface area (Å²) in [6.45, 7) is 16.3. The molecule has 3 N–H and O–H groups in total. The van der Waals surface area contributed by atoms with E-state index in [9.17, 15) is 29.2 Å². The molecule has 10 nitrogen and oxygen atoms in total. The lowest BCUT2D eigenvalue weighted by molar-refractivity contribution is -0.249. The Labute approximate surface area is 317 Å². The summed E-state index contributed by atoms with van der Waals surface area (Å²) in [5.41, 5.74) is -0.0239. The van der Waals surface area contributed by atoms with Crippen LogP contribution in [-0.2, 0) is 30.4 Å². The van der Waals surface area contributed by atoms with E-state index in [1.807, 2.05) is 84.0 Å². The number of hydrogen-bond acceptors (Lipinski definition) is 7. The molecule has 1 aromatic rings. The number of amides is 3. The van der Waals surface area contributed by atoms with Crippen LogP contribution in [0.15, 0.2) is 42.5 Å². The Hall–Kier alpha value is -3.37. The summed E-state index contributed by atoms with van der Waals surface area (Å²) in [4.78, 5) is 71.3. The Morgan fingerprint density at radius 3 is 2.19 bits per heavy atom. The number of piperidine rings is 1. The molecule has 53 heavy (non-hydrogen) atoms. The number of fused-ring (bicyclic) bond motifs is 1. The number of rotatable bonds is 11. The van der Waals surface area contributed by atoms with Crippen molar-refractivity contribution in [1.29, 1.82) is 0 Å². The predicted octanol–water partition coefficient (Wildman–Crippen LogP) is 6.44. The number of nitrogens with one attached hydrogen (secondary N) is 2. The van der Waals surface area contributed by atoms with Crippen LogP contribution in [0.2, 0.25) is 0 Å². The molecule has 1 aromatic carbocycles. The highest BCUT2D eigenvalue weighted by molar-refractivity contribution is 5.95. The molecule has 0 spiro atoms. The third-order valence-electron chi connectivity index (χ3n) is 11.6. The van der Waals surface area contributed by atoms with Gasteiger partial charge in [0.25, 0.3) is 0 Å². The normalized spacial score (nSPS) is 28.3. The molecule has 3 amide bonds. The van der Waals surface area contributed by atoms with Crippen molar-refractivity contribution in [2.24, 2.45) is 29.6 Å². The molecule has 0 radical (unpaired) electrons. The van der Waals surface area contributed by atoms with Crippen molar-refractivity contribution >= 4 is 29.3 Å². The molecule has 2 saturated heterocycles. The van der Waals surface area contributed by atoms with Gasteiger partial charge in [-0.15, -0.1) is 0 Å². The van der Waals surface area contributed by atoms with E-state index in [1.54, 1.807) is 4.90 Å². The number of unbranched alkanes of at least 4 members (excludes halogenated alkanes) is 1. The van der Waals surface area contributed by atoms with E-state index in [1.165, 1.54) is 5.06 Å². The Balaban J connectivity index is 1.57. The topological polar surface area (TPSA) is 136 Å². The number of carbonyl (C=O) groups is 5. The summed E-state index contributed by atoms with van der Waals surface area (Å²) in [7, 11) is 0. The molecular formula is C43H66N4O6. The highest BCUT2D eigenvalue weighted by atomic mass is 16.5. The highest BCUT2D eigenvalue weighted by Gasteiger charge is 2.47. The molecule has 0 unspecified atom stereocenters. The molecule has 3 aliphatic rings. The SMILES string of the molecule is CC(C)C[C@H]1/C=C/[C@H](Cc2ccccc2)C(=O)N2CCC[C@H]2C(=O)C[C@@H](C(C)C)C(=O)N[C@@H](CCCCC(=O)C2CC(C)(C)N(O)C(C)(C)C2)C(=O)N1. The van der Waals surface area contributed by atoms with Crippen LogP contribution in [-0.4, -0.2) is 80.2 Å². The summed E-state index contributed by atoms with van der Waals surface area (Å²) >= 11 is 0. The van der Waals surface area contributed by atoms with E-state index < -0.39 is 35.0 Å². The minimum Gasteiger partial charge on any atom is -0.348 e. The number of carbonyl (C=O) groups excluding carboxylic acids is 5. The Morgan fingerprint density at radius 1 is 0.906 bits per heavy atom.